The molecule has 0 amide bonds. The Kier molecular flexibility index (Phi) is 4.78. The van der Waals surface area contributed by atoms with Crippen LogP contribution in [0, 0.1) is 0 Å². The predicted molar refractivity (Wildman–Crippen MR) is 65.8 cm³/mol. The highest BCUT2D eigenvalue weighted by atomic mass is 79.9. The molecule has 4 heteroatoms. The van der Waals surface area contributed by atoms with Gasteiger partial charge in [-0.15, -0.1) is 0 Å². The molecule has 1 aromatic heterocycles. The maximum Gasteiger partial charge on any atom is 0.140 e. The lowest BCUT2D eigenvalue weighted by atomic mass is 10.2. The number of pyridine rings is 1. The zero-order valence-electron chi connectivity index (χ0n) is 8.87. The standard InChI is InChI=1S/C11H15BrN2O/c1-8(13-2)4-3-5-9-6-14-7-10(12)11(9)15/h3,5-8,13H,4H2,1-2H3,(H,14,15). The Balaban J connectivity index is 2.68. The van der Waals surface area contributed by atoms with Gasteiger partial charge in [0.05, 0.1) is 4.47 Å². The van der Waals surface area contributed by atoms with Gasteiger partial charge in [-0.25, -0.2) is 0 Å². The summed E-state index contributed by atoms with van der Waals surface area (Å²) in [7, 11) is 1.93. The molecule has 0 saturated heterocycles. The van der Waals surface area contributed by atoms with Crippen molar-refractivity contribution in [2.24, 2.45) is 0 Å². The van der Waals surface area contributed by atoms with Gasteiger partial charge in [0, 0.05) is 24.0 Å². The summed E-state index contributed by atoms with van der Waals surface area (Å²) in [6.07, 6.45) is 8.03. The van der Waals surface area contributed by atoms with E-state index >= 15 is 0 Å². The molecule has 2 N–H and O–H groups in total. The van der Waals surface area contributed by atoms with Crippen LogP contribution in [0.25, 0.3) is 6.08 Å². The van der Waals surface area contributed by atoms with Gasteiger partial charge in [-0.05, 0) is 36.3 Å². The third-order valence-corrected chi connectivity index (χ3v) is 2.76. The van der Waals surface area contributed by atoms with Gasteiger partial charge in [0.2, 0.25) is 0 Å². The van der Waals surface area contributed by atoms with Crippen molar-refractivity contribution >= 4 is 22.0 Å². The Morgan fingerprint density at radius 2 is 2.33 bits per heavy atom. The molecule has 15 heavy (non-hydrogen) atoms. The molecule has 3 nitrogen and oxygen atoms in total. The molecular formula is C11H15BrN2O. The van der Waals surface area contributed by atoms with E-state index in [1.165, 1.54) is 0 Å². The number of aromatic nitrogens is 1. The normalized spacial score (nSPS) is 13.3. The molecule has 0 aliphatic rings. The van der Waals surface area contributed by atoms with Crippen molar-refractivity contribution in [2.45, 2.75) is 19.4 Å². The van der Waals surface area contributed by atoms with Crippen molar-refractivity contribution in [1.82, 2.24) is 10.3 Å². The molecule has 0 spiro atoms. The predicted octanol–water partition coefficient (Wildman–Crippen LogP) is 2.56. The van der Waals surface area contributed by atoms with Crippen LogP contribution in [-0.4, -0.2) is 23.2 Å². The fraction of sp³-hybridized carbons (Fsp3) is 0.364. The van der Waals surface area contributed by atoms with Gasteiger partial charge in [-0.2, -0.15) is 0 Å². The fourth-order valence-electron chi connectivity index (χ4n) is 1.08. The Bertz CT molecular complexity index is 352. The van der Waals surface area contributed by atoms with E-state index < -0.39 is 0 Å². The lowest BCUT2D eigenvalue weighted by Crippen LogP contribution is -2.19. The first-order chi connectivity index (χ1) is 7.15. The van der Waals surface area contributed by atoms with E-state index in [1.807, 2.05) is 19.2 Å². The van der Waals surface area contributed by atoms with E-state index in [1.54, 1.807) is 12.4 Å². The van der Waals surface area contributed by atoms with Crippen LogP contribution in [-0.2, 0) is 0 Å². The number of aromatic hydroxyl groups is 1. The topological polar surface area (TPSA) is 45.2 Å². The lowest BCUT2D eigenvalue weighted by molar-refractivity contribution is 0.469. The zero-order chi connectivity index (χ0) is 11.3. The minimum atomic E-state index is 0.235. The van der Waals surface area contributed by atoms with Crippen molar-refractivity contribution in [1.29, 1.82) is 0 Å². The number of hydrogen-bond acceptors (Lipinski definition) is 3. The minimum Gasteiger partial charge on any atom is -0.506 e. The molecule has 1 unspecified atom stereocenters. The zero-order valence-corrected chi connectivity index (χ0v) is 10.5. The van der Waals surface area contributed by atoms with E-state index in [0.29, 0.717) is 10.5 Å². The maximum absolute atomic E-state index is 9.67. The molecule has 0 aliphatic carbocycles. The average molecular weight is 271 g/mol. The highest BCUT2D eigenvalue weighted by Crippen LogP contribution is 2.27. The second-order valence-corrected chi connectivity index (χ2v) is 4.24. The number of hydrogen-bond donors (Lipinski definition) is 2. The van der Waals surface area contributed by atoms with Gasteiger partial charge in [0.1, 0.15) is 5.75 Å². The fourth-order valence-corrected chi connectivity index (χ4v) is 1.43. The number of nitrogens with one attached hydrogen (secondary N) is 1. The SMILES string of the molecule is CNC(C)CC=Cc1cncc(Br)c1O. The quantitative estimate of drug-likeness (QED) is 0.884. The van der Waals surface area contributed by atoms with E-state index in [4.69, 9.17) is 0 Å². The maximum atomic E-state index is 9.67. The Morgan fingerprint density at radius 1 is 1.60 bits per heavy atom. The van der Waals surface area contributed by atoms with Crippen molar-refractivity contribution in [2.75, 3.05) is 7.05 Å². The van der Waals surface area contributed by atoms with Crippen LogP contribution in [0.15, 0.2) is 22.9 Å². The average Bonchev–Trinajstić information content (AvgIpc) is 2.24. The first kappa shape index (κ1) is 12.2. The summed E-state index contributed by atoms with van der Waals surface area (Å²) in [5, 5.41) is 12.8. The minimum absolute atomic E-state index is 0.235. The molecule has 1 heterocycles. The summed E-state index contributed by atoms with van der Waals surface area (Å²) in [5.41, 5.74) is 0.729. The molecule has 0 radical (unpaired) electrons. The third-order valence-electron chi connectivity index (χ3n) is 2.18. The molecule has 0 aromatic carbocycles. The summed E-state index contributed by atoms with van der Waals surface area (Å²) >= 11 is 3.22. The van der Waals surface area contributed by atoms with Crippen molar-refractivity contribution in [3.8, 4) is 5.75 Å². The van der Waals surface area contributed by atoms with Crippen molar-refractivity contribution in [3.63, 3.8) is 0 Å². The summed E-state index contributed by atoms with van der Waals surface area (Å²) in [6, 6.07) is 0.434. The molecule has 0 fully saturated rings. The van der Waals surface area contributed by atoms with Gasteiger partial charge in [0.25, 0.3) is 0 Å². The van der Waals surface area contributed by atoms with Gasteiger partial charge in [-0.3, -0.25) is 4.98 Å². The van der Waals surface area contributed by atoms with Crippen LogP contribution in [0.5, 0.6) is 5.75 Å². The Hall–Kier alpha value is -0.870. The molecule has 82 valence electrons. The van der Waals surface area contributed by atoms with Gasteiger partial charge >= 0.3 is 0 Å². The number of nitrogens with zero attached hydrogens (tertiary/aromatic N) is 1. The lowest BCUT2D eigenvalue weighted by Gasteiger charge is -2.05. The molecular weight excluding hydrogens is 256 g/mol. The second kappa shape index (κ2) is 5.88. The van der Waals surface area contributed by atoms with Crippen molar-refractivity contribution in [3.05, 3.63) is 28.5 Å². The first-order valence-corrected chi connectivity index (χ1v) is 5.60. The molecule has 1 atom stereocenters. The summed E-state index contributed by atoms with van der Waals surface area (Å²) in [6.45, 7) is 2.10. The van der Waals surface area contributed by atoms with Crippen LogP contribution in [0.3, 0.4) is 0 Å². The van der Waals surface area contributed by atoms with Crippen LogP contribution < -0.4 is 5.32 Å². The van der Waals surface area contributed by atoms with E-state index in [2.05, 4.69) is 33.2 Å². The van der Waals surface area contributed by atoms with E-state index in [9.17, 15) is 5.11 Å². The molecule has 1 aromatic rings. The van der Waals surface area contributed by atoms with Gasteiger partial charge in [0.15, 0.2) is 0 Å². The Labute approximate surface area is 98.4 Å². The number of halogens is 1. The number of rotatable bonds is 4. The van der Waals surface area contributed by atoms with Crippen LogP contribution in [0.2, 0.25) is 0 Å². The Morgan fingerprint density at radius 3 is 3.00 bits per heavy atom. The molecule has 0 aliphatic heterocycles. The highest BCUT2D eigenvalue weighted by Gasteiger charge is 2.02. The second-order valence-electron chi connectivity index (χ2n) is 3.39. The largest absolute Gasteiger partial charge is 0.506 e. The molecule has 0 saturated carbocycles. The molecule has 1 rings (SSSR count). The van der Waals surface area contributed by atoms with E-state index in [0.717, 1.165) is 12.0 Å². The summed E-state index contributed by atoms with van der Waals surface area (Å²) in [5.74, 6) is 0.235. The monoisotopic (exact) mass is 270 g/mol. The smallest absolute Gasteiger partial charge is 0.140 e. The van der Waals surface area contributed by atoms with Gasteiger partial charge < -0.3 is 10.4 Å². The third kappa shape index (κ3) is 3.64. The van der Waals surface area contributed by atoms with Crippen molar-refractivity contribution < 1.29 is 5.11 Å². The molecule has 0 bridgehead atoms. The summed E-state index contributed by atoms with van der Waals surface area (Å²) < 4.78 is 0.617. The van der Waals surface area contributed by atoms with Crippen LogP contribution in [0.4, 0.5) is 0 Å². The summed E-state index contributed by atoms with van der Waals surface area (Å²) in [4.78, 5) is 3.99. The highest BCUT2D eigenvalue weighted by molar-refractivity contribution is 9.10. The van der Waals surface area contributed by atoms with Gasteiger partial charge in [-0.1, -0.05) is 12.2 Å². The van der Waals surface area contributed by atoms with Crippen LogP contribution in [0.1, 0.15) is 18.9 Å². The van der Waals surface area contributed by atoms with E-state index in [-0.39, 0.29) is 5.75 Å². The first-order valence-electron chi connectivity index (χ1n) is 4.81. The van der Waals surface area contributed by atoms with Crippen LogP contribution >= 0.6 is 15.9 Å².